The number of hydrazine groups is 1. The first kappa shape index (κ1) is 19.7. The minimum Gasteiger partial charge on any atom is -0.292 e. The van der Waals surface area contributed by atoms with Crippen LogP contribution in [0.5, 0.6) is 0 Å². The van der Waals surface area contributed by atoms with E-state index in [2.05, 4.69) is 0 Å². The molecule has 1 saturated heterocycles. The van der Waals surface area contributed by atoms with E-state index in [4.69, 9.17) is 11.6 Å². The minimum atomic E-state index is -0.595. The highest BCUT2D eigenvalue weighted by Crippen LogP contribution is 2.52. The Balaban J connectivity index is 1.50. The van der Waals surface area contributed by atoms with Gasteiger partial charge in [-0.1, -0.05) is 54.1 Å². The number of carbonyl (C=O) groups is 4. The molecule has 156 valence electrons. The van der Waals surface area contributed by atoms with Gasteiger partial charge in [-0.2, -0.15) is 5.01 Å². The highest BCUT2D eigenvalue weighted by atomic mass is 35.5. The van der Waals surface area contributed by atoms with Gasteiger partial charge in [0.05, 0.1) is 11.8 Å². The molecule has 3 amide bonds. The van der Waals surface area contributed by atoms with Crippen LogP contribution in [0, 0.1) is 23.7 Å². The standard InChI is InChI=1S/C24H19ClN2O4/c25-18-10-8-15(9-11-18)22(29)26(13-19(28)14-4-2-1-3-5-14)27-23(30)20-16-6-7-17(12-16)21(20)24(27)31/h1-11,16-17,20-21H,12-13H2/t16-,17-,20+,21+/m0/s1. The lowest BCUT2D eigenvalue weighted by Crippen LogP contribution is -2.52. The van der Waals surface area contributed by atoms with Crippen molar-refractivity contribution in [3.8, 4) is 0 Å². The molecule has 0 spiro atoms. The number of carbonyl (C=O) groups excluding carboxylic acids is 4. The lowest BCUT2D eigenvalue weighted by Gasteiger charge is -2.30. The number of halogens is 1. The maximum Gasteiger partial charge on any atom is 0.273 e. The number of Topliss-reactive ketones (excluding diaryl/α,β-unsaturated/α-hetero) is 1. The lowest BCUT2D eigenvalue weighted by atomic mass is 9.85. The molecule has 2 aromatic rings. The van der Waals surface area contributed by atoms with Gasteiger partial charge < -0.3 is 0 Å². The van der Waals surface area contributed by atoms with Gasteiger partial charge in [-0.25, -0.2) is 5.01 Å². The molecule has 6 nitrogen and oxygen atoms in total. The first-order valence-electron chi connectivity index (χ1n) is 10.2. The Bertz CT molecular complexity index is 1080. The number of amides is 3. The van der Waals surface area contributed by atoms with Crippen LogP contribution >= 0.6 is 11.6 Å². The molecule has 1 saturated carbocycles. The van der Waals surface area contributed by atoms with E-state index < -0.39 is 36.1 Å². The summed E-state index contributed by atoms with van der Waals surface area (Å²) in [5, 5.41) is 2.37. The van der Waals surface area contributed by atoms with E-state index in [1.165, 1.54) is 12.1 Å². The second-order valence-electron chi connectivity index (χ2n) is 8.15. The SMILES string of the molecule is O=C(CN(C(=O)c1ccc(Cl)cc1)N1C(=O)[C@H]2[C@H](C1=O)[C@H]1C=C[C@H]2C1)c1ccccc1. The first-order chi connectivity index (χ1) is 15.0. The van der Waals surface area contributed by atoms with Gasteiger partial charge in [-0.15, -0.1) is 0 Å². The Labute approximate surface area is 184 Å². The van der Waals surface area contributed by atoms with E-state index in [0.29, 0.717) is 10.6 Å². The van der Waals surface area contributed by atoms with E-state index in [1.807, 2.05) is 12.2 Å². The molecule has 0 aromatic heterocycles. The number of benzene rings is 2. The molecule has 1 heterocycles. The van der Waals surface area contributed by atoms with E-state index >= 15 is 0 Å². The summed E-state index contributed by atoms with van der Waals surface area (Å²) in [6.07, 6.45) is 4.76. The molecule has 7 heteroatoms. The highest BCUT2D eigenvalue weighted by Gasteiger charge is 2.61. The quantitative estimate of drug-likeness (QED) is 0.410. The number of rotatable bonds is 5. The van der Waals surface area contributed by atoms with Crippen molar-refractivity contribution in [2.45, 2.75) is 6.42 Å². The number of nitrogens with zero attached hydrogens (tertiary/aromatic N) is 2. The Morgan fingerprint density at radius 2 is 1.45 bits per heavy atom. The summed E-state index contributed by atoms with van der Waals surface area (Å²) in [4.78, 5) is 52.9. The summed E-state index contributed by atoms with van der Waals surface area (Å²) in [5.41, 5.74) is 0.640. The fraction of sp³-hybridized carbons (Fsp3) is 0.250. The molecule has 1 aliphatic heterocycles. The second kappa shape index (κ2) is 7.46. The number of allylic oxidation sites excluding steroid dienone is 2. The van der Waals surface area contributed by atoms with Crippen molar-refractivity contribution in [2.24, 2.45) is 23.7 Å². The van der Waals surface area contributed by atoms with Crippen molar-refractivity contribution in [2.75, 3.05) is 6.54 Å². The zero-order valence-electron chi connectivity index (χ0n) is 16.5. The summed E-state index contributed by atoms with van der Waals surface area (Å²) in [6.45, 7) is -0.412. The molecule has 2 bridgehead atoms. The summed E-state index contributed by atoms with van der Waals surface area (Å²) < 4.78 is 0. The van der Waals surface area contributed by atoms with Gasteiger partial charge in [-0.05, 0) is 42.5 Å². The van der Waals surface area contributed by atoms with Crippen LogP contribution in [0.25, 0.3) is 0 Å². The number of fused-ring (bicyclic) bond motifs is 5. The van der Waals surface area contributed by atoms with Crippen molar-refractivity contribution in [1.29, 1.82) is 0 Å². The third-order valence-electron chi connectivity index (χ3n) is 6.40. The predicted octanol–water partition coefficient (Wildman–Crippen LogP) is 3.39. The molecule has 31 heavy (non-hydrogen) atoms. The van der Waals surface area contributed by atoms with Gasteiger partial charge >= 0.3 is 0 Å². The number of hydrogen-bond acceptors (Lipinski definition) is 4. The highest BCUT2D eigenvalue weighted by molar-refractivity contribution is 6.30. The third kappa shape index (κ3) is 3.18. The van der Waals surface area contributed by atoms with Gasteiger partial charge in [-0.3, -0.25) is 19.2 Å². The van der Waals surface area contributed by atoms with Crippen LogP contribution in [-0.4, -0.2) is 40.1 Å². The van der Waals surface area contributed by atoms with Gasteiger partial charge in [0.1, 0.15) is 6.54 Å². The molecule has 2 fully saturated rings. The van der Waals surface area contributed by atoms with E-state index in [0.717, 1.165) is 16.4 Å². The number of imide groups is 1. The summed E-state index contributed by atoms with van der Waals surface area (Å²) >= 11 is 5.93. The predicted molar refractivity (Wildman–Crippen MR) is 113 cm³/mol. The second-order valence-corrected chi connectivity index (χ2v) is 8.58. The van der Waals surface area contributed by atoms with E-state index in [1.54, 1.807) is 42.5 Å². The molecule has 3 aliphatic rings. The Hall–Kier alpha value is -3.25. The fourth-order valence-electron chi connectivity index (χ4n) is 4.95. The molecular formula is C24H19ClN2O4. The molecule has 0 N–H and O–H groups in total. The smallest absolute Gasteiger partial charge is 0.273 e. The van der Waals surface area contributed by atoms with Crippen molar-refractivity contribution in [1.82, 2.24) is 10.0 Å². The van der Waals surface area contributed by atoms with Gasteiger partial charge in [0, 0.05) is 16.1 Å². The third-order valence-corrected chi connectivity index (χ3v) is 6.66. The van der Waals surface area contributed by atoms with Gasteiger partial charge in [0.25, 0.3) is 17.7 Å². The van der Waals surface area contributed by atoms with Gasteiger partial charge in [0.15, 0.2) is 5.78 Å². The largest absolute Gasteiger partial charge is 0.292 e. The average molecular weight is 435 g/mol. The zero-order valence-corrected chi connectivity index (χ0v) is 17.2. The van der Waals surface area contributed by atoms with Crippen LogP contribution in [0.4, 0.5) is 0 Å². The minimum absolute atomic E-state index is 0.00811. The Kier molecular flexibility index (Phi) is 4.74. The monoisotopic (exact) mass is 434 g/mol. The normalized spacial score (nSPS) is 25.8. The summed E-state index contributed by atoms with van der Waals surface area (Å²) in [5.74, 6) is -2.68. The van der Waals surface area contributed by atoms with Crippen LogP contribution in [0.1, 0.15) is 27.1 Å². The van der Waals surface area contributed by atoms with Crippen molar-refractivity contribution in [3.63, 3.8) is 0 Å². The van der Waals surface area contributed by atoms with Crippen molar-refractivity contribution >= 4 is 35.1 Å². The van der Waals surface area contributed by atoms with Crippen LogP contribution in [0.2, 0.25) is 5.02 Å². The van der Waals surface area contributed by atoms with Crippen LogP contribution in [-0.2, 0) is 9.59 Å². The fourth-order valence-corrected chi connectivity index (χ4v) is 5.08. The van der Waals surface area contributed by atoms with Crippen LogP contribution < -0.4 is 0 Å². The van der Waals surface area contributed by atoms with Crippen LogP contribution in [0.3, 0.4) is 0 Å². The maximum atomic E-state index is 13.4. The number of ketones is 1. The van der Waals surface area contributed by atoms with Crippen molar-refractivity contribution < 1.29 is 19.2 Å². The summed E-state index contributed by atoms with van der Waals surface area (Å²) in [7, 11) is 0. The van der Waals surface area contributed by atoms with E-state index in [9.17, 15) is 19.2 Å². The Morgan fingerprint density at radius 1 is 0.871 bits per heavy atom. The molecule has 0 radical (unpaired) electrons. The number of hydrogen-bond donors (Lipinski definition) is 0. The van der Waals surface area contributed by atoms with E-state index in [-0.39, 0.29) is 23.2 Å². The molecule has 5 rings (SSSR count). The van der Waals surface area contributed by atoms with Crippen LogP contribution in [0.15, 0.2) is 66.7 Å². The molecule has 0 unspecified atom stereocenters. The maximum absolute atomic E-state index is 13.4. The molecule has 4 atom stereocenters. The molecular weight excluding hydrogens is 416 g/mol. The van der Waals surface area contributed by atoms with Crippen molar-refractivity contribution in [3.05, 3.63) is 82.9 Å². The Morgan fingerprint density at radius 3 is 2.03 bits per heavy atom. The topological polar surface area (TPSA) is 74.8 Å². The summed E-state index contributed by atoms with van der Waals surface area (Å²) in [6, 6.07) is 14.6. The lowest BCUT2D eigenvalue weighted by molar-refractivity contribution is -0.154. The first-order valence-corrected chi connectivity index (χ1v) is 10.5. The molecule has 2 aliphatic carbocycles. The van der Waals surface area contributed by atoms with Gasteiger partial charge in [0.2, 0.25) is 0 Å². The molecule has 2 aromatic carbocycles. The average Bonchev–Trinajstić information content (AvgIpc) is 3.47. The zero-order chi connectivity index (χ0) is 21.7.